The number of carbonyl (C=O) groups is 1. The lowest BCUT2D eigenvalue weighted by molar-refractivity contribution is -0.0858. The predicted molar refractivity (Wildman–Crippen MR) is 125 cm³/mol. The lowest BCUT2D eigenvalue weighted by atomic mass is 10.0. The van der Waals surface area contributed by atoms with E-state index >= 15 is 0 Å². The van der Waals surface area contributed by atoms with Crippen LogP contribution in [0.3, 0.4) is 0 Å². The minimum atomic E-state index is -0.452. The maximum absolute atomic E-state index is 13.5. The summed E-state index contributed by atoms with van der Waals surface area (Å²) in [6, 6.07) is 13.5. The minimum Gasteiger partial charge on any atom is -0.370 e. The van der Waals surface area contributed by atoms with Gasteiger partial charge in [0.1, 0.15) is 11.9 Å². The zero-order valence-corrected chi connectivity index (χ0v) is 19.5. The molecule has 3 heterocycles. The number of nitrogens with zero attached hydrogens (tertiary/aromatic N) is 4. The number of nitriles is 1. The summed E-state index contributed by atoms with van der Waals surface area (Å²) >= 11 is 12.5. The molecule has 174 valence electrons. The fraction of sp³-hybridized carbons (Fsp3) is 0.292. The SMILES string of the molecule is N#Cc1cc(-c2cccc(C(=O)N3CCN4C[C@@H](c5ccc(F)c(Cl)c5)OC[C@@H]4C3)c2Cl)[nH]n1. The van der Waals surface area contributed by atoms with Gasteiger partial charge in [-0.25, -0.2) is 4.39 Å². The van der Waals surface area contributed by atoms with E-state index < -0.39 is 5.82 Å². The molecule has 7 nitrogen and oxygen atoms in total. The second-order valence-electron chi connectivity index (χ2n) is 8.34. The summed E-state index contributed by atoms with van der Waals surface area (Å²) in [4.78, 5) is 17.4. The lowest BCUT2D eigenvalue weighted by Gasteiger charge is -2.46. The molecule has 2 atom stereocenters. The number of fused-ring (bicyclic) bond motifs is 1. The van der Waals surface area contributed by atoms with Gasteiger partial charge in [-0.05, 0) is 23.8 Å². The molecular formula is C24H20Cl2FN5O2. The normalized spacial score (nSPS) is 20.6. The van der Waals surface area contributed by atoms with Crippen molar-refractivity contribution in [1.82, 2.24) is 20.0 Å². The third kappa shape index (κ3) is 4.28. The van der Waals surface area contributed by atoms with E-state index in [1.165, 1.54) is 6.07 Å². The van der Waals surface area contributed by atoms with E-state index in [1.54, 1.807) is 41.3 Å². The first-order valence-electron chi connectivity index (χ1n) is 10.8. The largest absolute Gasteiger partial charge is 0.370 e. The van der Waals surface area contributed by atoms with Crippen LogP contribution in [-0.4, -0.2) is 64.7 Å². The second-order valence-corrected chi connectivity index (χ2v) is 9.13. The van der Waals surface area contributed by atoms with E-state index in [2.05, 4.69) is 15.1 Å². The van der Waals surface area contributed by atoms with Gasteiger partial charge in [-0.1, -0.05) is 41.4 Å². The van der Waals surface area contributed by atoms with Gasteiger partial charge < -0.3 is 9.64 Å². The first-order chi connectivity index (χ1) is 16.4. The van der Waals surface area contributed by atoms with Crippen molar-refractivity contribution in [2.45, 2.75) is 12.1 Å². The molecule has 0 unspecified atom stereocenters. The number of nitrogens with one attached hydrogen (secondary N) is 1. The predicted octanol–water partition coefficient (Wildman–Crippen LogP) is 4.29. The van der Waals surface area contributed by atoms with Gasteiger partial charge in [-0.3, -0.25) is 14.8 Å². The van der Waals surface area contributed by atoms with Crippen LogP contribution in [0, 0.1) is 17.1 Å². The van der Waals surface area contributed by atoms with E-state index in [4.69, 9.17) is 33.2 Å². The quantitative estimate of drug-likeness (QED) is 0.580. The summed E-state index contributed by atoms with van der Waals surface area (Å²) in [7, 11) is 0. The van der Waals surface area contributed by atoms with E-state index in [9.17, 15) is 9.18 Å². The molecule has 2 fully saturated rings. The number of benzene rings is 2. The number of aromatic nitrogens is 2. The fourth-order valence-electron chi connectivity index (χ4n) is 4.48. The molecule has 2 aliphatic rings. The van der Waals surface area contributed by atoms with Crippen LogP contribution in [0.25, 0.3) is 11.3 Å². The first kappa shape index (κ1) is 22.8. The van der Waals surface area contributed by atoms with Gasteiger partial charge in [-0.2, -0.15) is 10.4 Å². The molecule has 0 aliphatic carbocycles. The van der Waals surface area contributed by atoms with Gasteiger partial charge in [0, 0.05) is 37.8 Å². The van der Waals surface area contributed by atoms with Gasteiger partial charge >= 0.3 is 0 Å². The van der Waals surface area contributed by atoms with E-state index in [0.29, 0.717) is 54.6 Å². The molecule has 3 aromatic rings. The van der Waals surface area contributed by atoms with Gasteiger partial charge in [0.25, 0.3) is 5.91 Å². The zero-order chi connectivity index (χ0) is 23.8. The van der Waals surface area contributed by atoms with Gasteiger partial charge in [-0.15, -0.1) is 0 Å². The highest BCUT2D eigenvalue weighted by Crippen LogP contribution is 2.33. The van der Waals surface area contributed by atoms with Gasteiger partial charge in [0.05, 0.1) is 40.1 Å². The Morgan fingerprint density at radius 3 is 2.82 bits per heavy atom. The number of halogens is 3. The molecular weight excluding hydrogens is 480 g/mol. The van der Waals surface area contributed by atoms with Crippen LogP contribution in [0.2, 0.25) is 10.0 Å². The van der Waals surface area contributed by atoms with Crippen LogP contribution in [0.4, 0.5) is 4.39 Å². The number of H-pyrrole nitrogens is 1. The molecule has 1 N–H and O–H groups in total. The van der Waals surface area contributed by atoms with Crippen molar-refractivity contribution in [1.29, 1.82) is 5.26 Å². The summed E-state index contributed by atoms with van der Waals surface area (Å²) in [5, 5.41) is 16.1. The Morgan fingerprint density at radius 2 is 2.06 bits per heavy atom. The number of carbonyl (C=O) groups excluding carboxylic acids is 1. The Hall–Kier alpha value is -2.96. The minimum absolute atomic E-state index is 0.0534. The number of rotatable bonds is 3. The van der Waals surface area contributed by atoms with Crippen LogP contribution in [0.5, 0.6) is 0 Å². The average Bonchev–Trinajstić information content (AvgIpc) is 3.34. The Bertz CT molecular complexity index is 1290. The Morgan fingerprint density at radius 1 is 1.21 bits per heavy atom. The molecule has 0 saturated carbocycles. The van der Waals surface area contributed by atoms with Crippen molar-refractivity contribution in [3.05, 3.63) is 75.1 Å². The molecule has 1 aromatic heterocycles. The summed E-state index contributed by atoms with van der Waals surface area (Å²) in [6.07, 6.45) is -0.199. The van der Waals surface area contributed by atoms with E-state index in [0.717, 1.165) is 5.56 Å². The maximum Gasteiger partial charge on any atom is 0.255 e. The third-order valence-corrected chi connectivity index (χ3v) is 7.01. The van der Waals surface area contributed by atoms with E-state index in [-0.39, 0.29) is 28.8 Å². The second kappa shape index (κ2) is 9.35. The average molecular weight is 500 g/mol. The molecule has 2 aromatic carbocycles. The van der Waals surface area contributed by atoms with Crippen molar-refractivity contribution < 1.29 is 13.9 Å². The van der Waals surface area contributed by atoms with Crippen LogP contribution in [-0.2, 0) is 4.74 Å². The highest BCUT2D eigenvalue weighted by atomic mass is 35.5. The standard InChI is InChI=1S/C24H20Cl2FN5O2/c25-19-8-14(4-5-20(19)27)22-12-31-6-7-32(11-16(31)13-34-22)24(33)18-3-1-2-17(23(18)26)21-9-15(10-28)29-30-21/h1-5,8-9,16,22H,6-7,11-13H2,(H,29,30)/t16-,22-/m0/s1. The van der Waals surface area contributed by atoms with Gasteiger partial charge in [0.2, 0.25) is 0 Å². The van der Waals surface area contributed by atoms with Crippen LogP contribution in [0.15, 0.2) is 42.5 Å². The maximum atomic E-state index is 13.5. The molecule has 0 radical (unpaired) electrons. The highest BCUT2D eigenvalue weighted by Gasteiger charge is 2.36. The number of hydrogen-bond donors (Lipinski definition) is 1. The Balaban J connectivity index is 1.29. The lowest BCUT2D eigenvalue weighted by Crippen LogP contribution is -2.59. The molecule has 0 bridgehead atoms. The van der Waals surface area contributed by atoms with Crippen LogP contribution >= 0.6 is 23.2 Å². The van der Waals surface area contributed by atoms with Crippen LogP contribution in [0.1, 0.15) is 27.7 Å². The first-order valence-corrected chi connectivity index (χ1v) is 11.5. The molecule has 5 rings (SSSR count). The Kier molecular flexibility index (Phi) is 6.28. The summed E-state index contributed by atoms with van der Waals surface area (Å²) in [5.74, 6) is -0.606. The van der Waals surface area contributed by atoms with Crippen molar-refractivity contribution in [3.8, 4) is 17.3 Å². The van der Waals surface area contributed by atoms with Crippen LogP contribution < -0.4 is 0 Å². The molecule has 2 aliphatic heterocycles. The van der Waals surface area contributed by atoms with Crippen molar-refractivity contribution in [3.63, 3.8) is 0 Å². The van der Waals surface area contributed by atoms with Gasteiger partial charge in [0.15, 0.2) is 5.69 Å². The summed E-state index contributed by atoms with van der Waals surface area (Å²) in [6.45, 7) is 2.84. The molecule has 1 amide bonds. The van der Waals surface area contributed by atoms with Crippen molar-refractivity contribution >= 4 is 29.1 Å². The number of amides is 1. The number of ether oxygens (including phenoxy) is 1. The molecule has 2 saturated heterocycles. The molecule has 0 spiro atoms. The monoisotopic (exact) mass is 499 g/mol. The Labute approximate surface area is 205 Å². The number of aromatic amines is 1. The summed E-state index contributed by atoms with van der Waals surface area (Å²) in [5.41, 5.74) is 2.68. The van der Waals surface area contributed by atoms with E-state index in [1.807, 2.05) is 6.07 Å². The fourth-order valence-corrected chi connectivity index (χ4v) is 4.97. The summed E-state index contributed by atoms with van der Waals surface area (Å²) < 4.78 is 19.6. The third-order valence-electron chi connectivity index (χ3n) is 6.31. The van der Waals surface area contributed by atoms with Crippen molar-refractivity contribution in [2.75, 3.05) is 32.8 Å². The molecule has 10 heteroatoms. The van der Waals surface area contributed by atoms with Crippen molar-refractivity contribution in [2.24, 2.45) is 0 Å². The number of hydrogen-bond acceptors (Lipinski definition) is 5. The highest BCUT2D eigenvalue weighted by molar-refractivity contribution is 6.36. The number of piperazine rings is 1. The number of morpholine rings is 1. The molecule has 34 heavy (non-hydrogen) atoms. The zero-order valence-electron chi connectivity index (χ0n) is 18.0. The topological polar surface area (TPSA) is 85.3 Å². The smallest absolute Gasteiger partial charge is 0.255 e.